The Balaban J connectivity index is 1.31. The highest BCUT2D eigenvalue weighted by Crippen LogP contribution is 2.20. The van der Waals surface area contributed by atoms with Gasteiger partial charge in [-0.15, -0.1) is 0 Å². The predicted molar refractivity (Wildman–Crippen MR) is 121 cm³/mol. The minimum absolute atomic E-state index is 0.177. The molecule has 0 radical (unpaired) electrons. The highest BCUT2D eigenvalue weighted by molar-refractivity contribution is 6.31. The number of ether oxygens (including phenoxy) is 2. The van der Waals surface area contributed by atoms with Crippen molar-refractivity contribution in [3.05, 3.63) is 95.0 Å². The fraction of sp³-hybridized carbons (Fsp3) is 0.167. The van der Waals surface area contributed by atoms with Crippen LogP contribution in [-0.2, 0) is 13.2 Å². The summed E-state index contributed by atoms with van der Waals surface area (Å²) in [5.41, 5.74) is 0.943. The first-order valence-corrected chi connectivity index (χ1v) is 10.5. The van der Waals surface area contributed by atoms with Gasteiger partial charge in [0.15, 0.2) is 11.6 Å². The van der Waals surface area contributed by atoms with E-state index in [0.29, 0.717) is 35.5 Å². The van der Waals surface area contributed by atoms with E-state index in [1.165, 1.54) is 0 Å². The third-order valence-electron chi connectivity index (χ3n) is 4.57. The molecular formula is C24H22ClN3O4. The number of nitrogens with zero attached hydrogens (tertiary/aromatic N) is 2. The summed E-state index contributed by atoms with van der Waals surface area (Å²) in [6.45, 7) is 3.25. The SMILES string of the molecule is CCOc1ccc(OCc2ccc(C(=O)Nc3ccn(Cc4ccccc4Cl)n3)o2)cc1. The van der Waals surface area contributed by atoms with Gasteiger partial charge in [0.2, 0.25) is 0 Å². The number of carbonyl (C=O) groups is 1. The summed E-state index contributed by atoms with van der Waals surface area (Å²) in [6.07, 6.45) is 1.77. The first-order valence-electron chi connectivity index (χ1n) is 10.1. The second-order valence-corrected chi connectivity index (χ2v) is 7.31. The Labute approximate surface area is 190 Å². The number of aromatic nitrogens is 2. The maximum absolute atomic E-state index is 12.5. The zero-order chi connectivity index (χ0) is 22.3. The lowest BCUT2D eigenvalue weighted by Crippen LogP contribution is -2.12. The van der Waals surface area contributed by atoms with E-state index in [0.717, 1.165) is 11.3 Å². The van der Waals surface area contributed by atoms with Gasteiger partial charge in [-0.1, -0.05) is 29.8 Å². The Kier molecular flexibility index (Phi) is 6.77. The number of carbonyl (C=O) groups excluding carboxylic acids is 1. The van der Waals surface area contributed by atoms with Crippen LogP contribution in [0.5, 0.6) is 11.5 Å². The maximum Gasteiger partial charge on any atom is 0.292 e. The molecule has 4 aromatic rings. The van der Waals surface area contributed by atoms with E-state index < -0.39 is 0 Å². The van der Waals surface area contributed by atoms with Crippen LogP contribution in [0.2, 0.25) is 5.02 Å². The van der Waals surface area contributed by atoms with Crippen molar-refractivity contribution in [2.24, 2.45) is 0 Å². The summed E-state index contributed by atoms with van der Waals surface area (Å²) in [5.74, 6) is 2.21. The van der Waals surface area contributed by atoms with Crippen molar-refractivity contribution < 1.29 is 18.7 Å². The Bertz CT molecular complexity index is 1180. The van der Waals surface area contributed by atoms with Crippen molar-refractivity contribution in [1.82, 2.24) is 9.78 Å². The molecule has 0 atom stereocenters. The molecule has 0 saturated carbocycles. The molecule has 8 heteroatoms. The van der Waals surface area contributed by atoms with Crippen LogP contribution in [0.3, 0.4) is 0 Å². The Morgan fingerprint density at radius 3 is 2.53 bits per heavy atom. The van der Waals surface area contributed by atoms with Gasteiger partial charge in [-0.3, -0.25) is 9.48 Å². The predicted octanol–water partition coefficient (Wildman–Crippen LogP) is 5.41. The molecule has 0 bridgehead atoms. The van der Waals surface area contributed by atoms with Crippen LogP contribution in [0.4, 0.5) is 5.82 Å². The molecule has 2 aromatic heterocycles. The van der Waals surface area contributed by atoms with Gasteiger partial charge in [0, 0.05) is 17.3 Å². The van der Waals surface area contributed by atoms with Gasteiger partial charge in [-0.05, 0) is 55.0 Å². The number of hydrogen-bond acceptors (Lipinski definition) is 5. The third-order valence-corrected chi connectivity index (χ3v) is 4.94. The smallest absolute Gasteiger partial charge is 0.292 e. The second-order valence-electron chi connectivity index (χ2n) is 6.90. The zero-order valence-corrected chi connectivity index (χ0v) is 18.2. The standard InChI is InChI=1S/C24H22ClN3O4/c1-2-30-18-7-9-19(10-8-18)31-16-20-11-12-22(32-20)24(29)26-23-13-14-28(27-23)15-17-5-3-4-6-21(17)25/h3-14H,2,15-16H2,1H3,(H,26,27,29). The molecule has 1 N–H and O–H groups in total. The highest BCUT2D eigenvalue weighted by atomic mass is 35.5. The number of amides is 1. The number of benzene rings is 2. The number of halogens is 1. The molecule has 0 saturated heterocycles. The summed E-state index contributed by atoms with van der Waals surface area (Å²) < 4.78 is 18.4. The van der Waals surface area contributed by atoms with Crippen LogP contribution < -0.4 is 14.8 Å². The lowest BCUT2D eigenvalue weighted by molar-refractivity contribution is 0.0992. The molecule has 0 spiro atoms. The number of anilines is 1. The van der Waals surface area contributed by atoms with E-state index in [-0.39, 0.29) is 18.3 Å². The van der Waals surface area contributed by atoms with Crippen molar-refractivity contribution in [1.29, 1.82) is 0 Å². The molecule has 0 unspecified atom stereocenters. The van der Waals surface area contributed by atoms with Crippen molar-refractivity contribution in [3.63, 3.8) is 0 Å². The van der Waals surface area contributed by atoms with Crippen LogP contribution >= 0.6 is 11.6 Å². The molecule has 7 nitrogen and oxygen atoms in total. The minimum Gasteiger partial charge on any atom is -0.494 e. The number of furan rings is 1. The van der Waals surface area contributed by atoms with Crippen molar-refractivity contribution in [3.8, 4) is 11.5 Å². The largest absolute Gasteiger partial charge is 0.494 e. The first kappa shape index (κ1) is 21.5. The van der Waals surface area contributed by atoms with Gasteiger partial charge in [0.25, 0.3) is 5.91 Å². The summed E-state index contributed by atoms with van der Waals surface area (Å²) in [4.78, 5) is 12.5. The van der Waals surface area contributed by atoms with Gasteiger partial charge >= 0.3 is 0 Å². The van der Waals surface area contributed by atoms with Crippen LogP contribution in [0.25, 0.3) is 0 Å². The molecule has 0 aliphatic rings. The van der Waals surface area contributed by atoms with Gasteiger partial charge in [0.1, 0.15) is 23.9 Å². The molecule has 4 rings (SSSR count). The zero-order valence-electron chi connectivity index (χ0n) is 17.5. The Morgan fingerprint density at radius 2 is 1.78 bits per heavy atom. The van der Waals surface area contributed by atoms with Crippen LogP contribution in [0.1, 0.15) is 28.8 Å². The average Bonchev–Trinajstić information content (AvgIpc) is 3.45. The lowest BCUT2D eigenvalue weighted by atomic mass is 10.2. The van der Waals surface area contributed by atoms with Crippen LogP contribution in [0, 0.1) is 0 Å². The molecule has 1 amide bonds. The lowest BCUT2D eigenvalue weighted by Gasteiger charge is -2.06. The number of rotatable bonds is 9. The summed E-state index contributed by atoms with van der Waals surface area (Å²) in [6, 6.07) is 19.9. The molecule has 0 aliphatic heterocycles. The minimum atomic E-state index is -0.389. The third kappa shape index (κ3) is 5.50. The fourth-order valence-corrected chi connectivity index (χ4v) is 3.22. The van der Waals surface area contributed by atoms with Crippen molar-refractivity contribution >= 4 is 23.3 Å². The monoisotopic (exact) mass is 451 g/mol. The molecule has 0 aliphatic carbocycles. The quantitative estimate of drug-likeness (QED) is 0.368. The van der Waals surface area contributed by atoms with Gasteiger partial charge in [-0.2, -0.15) is 5.10 Å². The maximum atomic E-state index is 12.5. The van der Waals surface area contributed by atoms with Crippen LogP contribution in [-0.4, -0.2) is 22.3 Å². The second kappa shape index (κ2) is 10.1. The highest BCUT2D eigenvalue weighted by Gasteiger charge is 2.13. The Hall–Kier alpha value is -3.71. The Morgan fingerprint density at radius 1 is 1.03 bits per heavy atom. The van der Waals surface area contributed by atoms with Gasteiger partial charge < -0.3 is 19.2 Å². The molecule has 2 aromatic carbocycles. The number of hydrogen-bond donors (Lipinski definition) is 1. The van der Waals surface area contributed by atoms with E-state index in [2.05, 4.69) is 10.4 Å². The van der Waals surface area contributed by atoms with Crippen molar-refractivity contribution in [2.75, 3.05) is 11.9 Å². The van der Waals surface area contributed by atoms with E-state index in [1.54, 1.807) is 29.1 Å². The topological polar surface area (TPSA) is 78.5 Å². The van der Waals surface area contributed by atoms with E-state index in [1.807, 2.05) is 55.5 Å². The first-order chi connectivity index (χ1) is 15.6. The molecule has 0 fully saturated rings. The number of nitrogens with one attached hydrogen (secondary N) is 1. The van der Waals surface area contributed by atoms with Gasteiger partial charge in [0.05, 0.1) is 13.2 Å². The van der Waals surface area contributed by atoms with E-state index in [9.17, 15) is 4.79 Å². The van der Waals surface area contributed by atoms with Crippen molar-refractivity contribution in [2.45, 2.75) is 20.1 Å². The molecule has 32 heavy (non-hydrogen) atoms. The van der Waals surface area contributed by atoms with Gasteiger partial charge in [-0.25, -0.2) is 0 Å². The van der Waals surface area contributed by atoms with E-state index in [4.69, 9.17) is 25.5 Å². The van der Waals surface area contributed by atoms with E-state index >= 15 is 0 Å². The normalized spacial score (nSPS) is 10.7. The van der Waals surface area contributed by atoms with Crippen LogP contribution in [0.15, 0.2) is 77.3 Å². The molecule has 164 valence electrons. The average molecular weight is 452 g/mol. The molecule has 2 heterocycles. The summed E-state index contributed by atoms with van der Waals surface area (Å²) in [7, 11) is 0. The fourth-order valence-electron chi connectivity index (χ4n) is 3.03. The summed E-state index contributed by atoms with van der Waals surface area (Å²) >= 11 is 6.19. The molecular weight excluding hydrogens is 430 g/mol. The summed E-state index contributed by atoms with van der Waals surface area (Å²) in [5, 5.41) is 7.77.